The number of benzene rings is 1. The molecule has 0 atom stereocenters. The maximum atomic E-state index is 13.9. The number of hydrogen-bond donors (Lipinski definition) is 1. The molecule has 0 aliphatic rings. The molecule has 19 heavy (non-hydrogen) atoms. The molecule has 1 rings (SSSR count). The van der Waals surface area contributed by atoms with Gasteiger partial charge < -0.3 is 5.32 Å². The molecule has 0 saturated heterocycles. The second kappa shape index (κ2) is 8.11. The Hall–Kier alpha value is -1.15. The van der Waals surface area contributed by atoms with Crippen molar-refractivity contribution < 1.29 is 4.39 Å². The van der Waals surface area contributed by atoms with Crippen molar-refractivity contribution in [2.24, 2.45) is 0 Å². The lowest BCUT2D eigenvalue weighted by molar-refractivity contribution is 0.607. The van der Waals surface area contributed by atoms with Crippen LogP contribution in [0.3, 0.4) is 0 Å². The van der Waals surface area contributed by atoms with Crippen LogP contribution in [0.15, 0.2) is 24.3 Å². The van der Waals surface area contributed by atoms with Gasteiger partial charge in [-0.3, -0.25) is 0 Å². The highest BCUT2D eigenvalue weighted by Crippen LogP contribution is 2.19. The fourth-order valence-corrected chi connectivity index (χ4v) is 2.21. The van der Waals surface area contributed by atoms with Crippen molar-refractivity contribution in [1.29, 1.82) is 0 Å². The molecule has 0 radical (unpaired) electrons. The highest BCUT2D eigenvalue weighted by Gasteiger charge is 2.07. The Morgan fingerprint density at radius 2 is 1.95 bits per heavy atom. The van der Waals surface area contributed by atoms with Crippen molar-refractivity contribution in [3.8, 4) is 0 Å². The average Bonchev–Trinajstić information content (AvgIpc) is 2.38. The normalized spacial score (nSPS) is 10.7. The maximum absolute atomic E-state index is 13.9. The highest BCUT2D eigenvalue weighted by atomic mass is 19.1. The molecule has 2 heteroatoms. The first-order chi connectivity index (χ1) is 9.08. The summed E-state index contributed by atoms with van der Waals surface area (Å²) >= 11 is 0. The zero-order valence-corrected chi connectivity index (χ0v) is 12.5. The summed E-state index contributed by atoms with van der Waals surface area (Å²) in [5.74, 6) is -0.0997. The molecule has 1 aromatic carbocycles. The Morgan fingerprint density at radius 1 is 1.21 bits per heavy atom. The van der Waals surface area contributed by atoms with Gasteiger partial charge in [0, 0.05) is 0 Å². The summed E-state index contributed by atoms with van der Waals surface area (Å²) in [5.41, 5.74) is 4.14. The van der Waals surface area contributed by atoms with E-state index in [4.69, 9.17) is 0 Å². The zero-order valence-electron chi connectivity index (χ0n) is 12.5. The number of nitrogens with one attached hydrogen (secondary N) is 1. The molecule has 0 amide bonds. The van der Waals surface area contributed by atoms with Crippen molar-refractivity contribution in [3.05, 3.63) is 46.8 Å². The molecule has 0 spiro atoms. The maximum Gasteiger partial charge on any atom is 0.127 e. The van der Waals surface area contributed by atoms with Crippen LogP contribution < -0.4 is 5.32 Å². The van der Waals surface area contributed by atoms with Crippen molar-refractivity contribution in [2.45, 2.75) is 46.5 Å². The first-order valence-corrected chi connectivity index (χ1v) is 7.23. The third-order valence-electron chi connectivity index (χ3n) is 3.41. The van der Waals surface area contributed by atoms with Gasteiger partial charge in [0.15, 0.2) is 0 Å². The van der Waals surface area contributed by atoms with E-state index in [1.54, 1.807) is 6.07 Å². The minimum Gasteiger partial charge on any atom is -0.316 e. The second-order valence-electron chi connectivity index (χ2n) is 5.15. The second-order valence-corrected chi connectivity index (χ2v) is 5.15. The molecule has 1 N–H and O–H groups in total. The lowest BCUT2D eigenvalue weighted by Gasteiger charge is -2.11. The molecular weight excluding hydrogens is 237 g/mol. The molecule has 0 aromatic heterocycles. The summed E-state index contributed by atoms with van der Waals surface area (Å²) in [6.07, 6.45) is 3.64. The summed E-state index contributed by atoms with van der Waals surface area (Å²) < 4.78 is 13.9. The number of halogens is 1. The quantitative estimate of drug-likeness (QED) is 0.548. The minimum atomic E-state index is -0.0997. The van der Waals surface area contributed by atoms with Crippen molar-refractivity contribution in [2.75, 3.05) is 13.1 Å². The lowest BCUT2D eigenvalue weighted by Crippen LogP contribution is -2.16. The molecular formula is C17H26FN. The largest absolute Gasteiger partial charge is 0.316 e. The minimum absolute atomic E-state index is 0.0997. The summed E-state index contributed by atoms with van der Waals surface area (Å²) in [6.45, 7) is 12.2. The molecule has 1 nitrogen and oxygen atoms in total. The predicted molar refractivity (Wildman–Crippen MR) is 81.1 cm³/mol. The van der Waals surface area contributed by atoms with Gasteiger partial charge in [0.25, 0.3) is 0 Å². The van der Waals surface area contributed by atoms with Crippen LogP contribution in [0, 0.1) is 12.7 Å². The predicted octanol–water partition coefficient (Wildman–Crippen LogP) is 4.18. The van der Waals surface area contributed by atoms with Gasteiger partial charge in [-0.25, -0.2) is 4.39 Å². The summed E-state index contributed by atoms with van der Waals surface area (Å²) in [5, 5.41) is 3.34. The average molecular weight is 263 g/mol. The Morgan fingerprint density at radius 3 is 2.58 bits per heavy atom. The molecule has 0 heterocycles. The summed E-state index contributed by atoms with van der Waals surface area (Å²) in [7, 11) is 0. The lowest BCUT2D eigenvalue weighted by atomic mass is 9.97. The van der Waals surface area contributed by atoms with Crippen LogP contribution in [0.5, 0.6) is 0 Å². The Balaban J connectivity index is 2.58. The van der Waals surface area contributed by atoms with E-state index < -0.39 is 0 Å². The van der Waals surface area contributed by atoms with Crippen LogP contribution in [0.25, 0.3) is 0 Å². The fraction of sp³-hybridized carbons (Fsp3) is 0.529. The van der Waals surface area contributed by atoms with Gasteiger partial charge in [0.2, 0.25) is 0 Å². The number of hydrogen-bond acceptors (Lipinski definition) is 1. The van der Waals surface area contributed by atoms with Crippen LogP contribution in [-0.2, 0) is 12.8 Å². The van der Waals surface area contributed by atoms with E-state index in [2.05, 4.69) is 25.7 Å². The van der Waals surface area contributed by atoms with Gasteiger partial charge in [-0.15, -0.1) is 0 Å². The smallest absolute Gasteiger partial charge is 0.127 e. The monoisotopic (exact) mass is 263 g/mol. The zero-order chi connectivity index (χ0) is 14.3. The molecule has 0 saturated carbocycles. The van der Waals surface area contributed by atoms with E-state index in [1.165, 1.54) is 5.56 Å². The molecule has 0 unspecified atom stereocenters. The fourth-order valence-electron chi connectivity index (χ4n) is 2.21. The van der Waals surface area contributed by atoms with E-state index in [-0.39, 0.29) is 5.82 Å². The summed E-state index contributed by atoms with van der Waals surface area (Å²) in [6, 6.07) is 3.64. The third kappa shape index (κ3) is 5.15. The van der Waals surface area contributed by atoms with E-state index in [0.29, 0.717) is 6.42 Å². The van der Waals surface area contributed by atoms with Crippen LogP contribution in [-0.4, -0.2) is 13.1 Å². The van der Waals surface area contributed by atoms with Crippen LogP contribution in [0.2, 0.25) is 0 Å². The third-order valence-corrected chi connectivity index (χ3v) is 3.41. The molecule has 0 bridgehead atoms. The topological polar surface area (TPSA) is 12.0 Å². The molecule has 0 fully saturated rings. The standard InChI is InChI=1S/C17H26FN/c1-5-8-19-9-7-13(3)10-16-12-15(6-2)14(4)11-17(16)18/h11-12,19H,3,5-10H2,1-2,4H3. The van der Waals surface area contributed by atoms with E-state index >= 15 is 0 Å². The molecule has 106 valence electrons. The number of rotatable bonds is 8. The molecule has 1 aromatic rings. The number of aryl methyl sites for hydroxylation is 2. The summed E-state index contributed by atoms with van der Waals surface area (Å²) in [4.78, 5) is 0. The molecule has 0 aliphatic carbocycles. The van der Waals surface area contributed by atoms with E-state index in [1.807, 2.05) is 13.0 Å². The van der Waals surface area contributed by atoms with Gasteiger partial charge >= 0.3 is 0 Å². The van der Waals surface area contributed by atoms with Crippen LogP contribution >= 0.6 is 0 Å². The van der Waals surface area contributed by atoms with Crippen molar-refractivity contribution >= 4 is 0 Å². The first-order valence-electron chi connectivity index (χ1n) is 7.23. The van der Waals surface area contributed by atoms with Crippen LogP contribution in [0.1, 0.15) is 43.4 Å². The van der Waals surface area contributed by atoms with Gasteiger partial charge in [-0.1, -0.05) is 32.1 Å². The van der Waals surface area contributed by atoms with Crippen LogP contribution in [0.4, 0.5) is 4.39 Å². The van der Waals surface area contributed by atoms with Gasteiger partial charge in [0.1, 0.15) is 5.82 Å². The van der Waals surface area contributed by atoms with Gasteiger partial charge in [0.05, 0.1) is 0 Å². The van der Waals surface area contributed by atoms with E-state index in [0.717, 1.165) is 49.1 Å². The van der Waals surface area contributed by atoms with E-state index in [9.17, 15) is 4.39 Å². The van der Waals surface area contributed by atoms with Crippen molar-refractivity contribution in [1.82, 2.24) is 5.32 Å². The SMILES string of the molecule is C=C(CCNCCC)Cc1cc(CC)c(C)cc1F. The van der Waals surface area contributed by atoms with Gasteiger partial charge in [-0.05, 0) is 68.5 Å². The Bertz CT molecular complexity index is 424. The Kier molecular flexibility index (Phi) is 6.79. The van der Waals surface area contributed by atoms with Gasteiger partial charge in [-0.2, -0.15) is 0 Å². The highest BCUT2D eigenvalue weighted by molar-refractivity contribution is 5.34. The van der Waals surface area contributed by atoms with Crippen molar-refractivity contribution in [3.63, 3.8) is 0 Å². The Labute approximate surface area is 116 Å². The first kappa shape index (κ1) is 15.9. The molecule has 0 aliphatic heterocycles.